The van der Waals surface area contributed by atoms with Crippen molar-refractivity contribution in [2.45, 2.75) is 44.6 Å². The second kappa shape index (κ2) is 5.28. The van der Waals surface area contributed by atoms with Gasteiger partial charge in [-0.15, -0.1) is 5.10 Å². The Labute approximate surface area is 113 Å². The monoisotopic (exact) mass is 263 g/mol. The average Bonchev–Trinajstić information content (AvgIpc) is 3.17. The fraction of sp³-hybridized carbons (Fsp3) is 0.769. The third-order valence-corrected chi connectivity index (χ3v) is 4.04. The standard InChI is InChI=1S/C13H21N5O/c1-2-18-7-5-10(6-8-18)14-13(19)12-15-11(16-17-12)9-3-4-9/h9-10H,2-8H2,1H3,(H,14,19)(H,15,16,17). The van der Waals surface area contributed by atoms with Gasteiger partial charge in [0.05, 0.1) is 0 Å². The van der Waals surface area contributed by atoms with Crippen molar-refractivity contribution in [3.8, 4) is 0 Å². The van der Waals surface area contributed by atoms with Gasteiger partial charge in [0.2, 0.25) is 5.82 Å². The lowest BCUT2D eigenvalue weighted by Crippen LogP contribution is -2.44. The third-order valence-electron chi connectivity index (χ3n) is 4.04. The Balaban J connectivity index is 1.52. The van der Waals surface area contributed by atoms with E-state index >= 15 is 0 Å². The van der Waals surface area contributed by atoms with Gasteiger partial charge in [0, 0.05) is 25.0 Å². The number of rotatable bonds is 4. The first-order chi connectivity index (χ1) is 9.26. The first-order valence-electron chi connectivity index (χ1n) is 7.21. The summed E-state index contributed by atoms with van der Waals surface area (Å²) in [6, 6.07) is 0.262. The molecule has 2 N–H and O–H groups in total. The number of H-pyrrole nitrogens is 1. The van der Waals surface area contributed by atoms with Crippen LogP contribution in [0.15, 0.2) is 0 Å². The molecule has 0 spiro atoms. The van der Waals surface area contributed by atoms with Gasteiger partial charge in [0.1, 0.15) is 5.82 Å². The van der Waals surface area contributed by atoms with Gasteiger partial charge in [-0.1, -0.05) is 6.92 Å². The van der Waals surface area contributed by atoms with E-state index in [4.69, 9.17) is 0 Å². The van der Waals surface area contributed by atoms with Crippen LogP contribution in [-0.4, -0.2) is 51.7 Å². The predicted octanol–water partition coefficient (Wildman–Crippen LogP) is 0.896. The molecule has 1 saturated carbocycles. The maximum atomic E-state index is 12.1. The van der Waals surface area contributed by atoms with Gasteiger partial charge in [0.25, 0.3) is 5.91 Å². The summed E-state index contributed by atoms with van der Waals surface area (Å²) in [4.78, 5) is 18.7. The van der Waals surface area contributed by atoms with E-state index in [0.717, 1.165) is 51.1 Å². The zero-order chi connectivity index (χ0) is 13.2. The van der Waals surface area contributed by atoms with Crippen molar-refractivity contribution in [1.29, 1.82) is 0 Å². The second-order valence-corrected chi connectivity index (χ2v) is 5.50. The number of nitrogens with zero attached hydrogens (tertiary/aromatic N) is 3. The van der Waals surface area contributed by atoms with Crippen molar-refractivity contribution in [3.63, 3.8) is 0 Å². The minimum Gasteiger partial charge on any atom is -0.346 e. The first kappa shape index (κ1) is 12.6. The van der Waals surface area contributed by atoms with Crippen molar-refractivity contribution >= 4 is 5.91 Å². The van der Waals surface area contributed by atoms with Crippen molar-refractivity contribution in [2.75, 3.05) is 19.6 Å². The number of aromatic amines is 1. The van der Waals surface area contributed by atoms with E-state index in [2.05, 4.69) is 32.3 Å². The minimum atomic E-state index is -0.141. The SMILES string of the molecule is CCN1CCC(NC(=O)c2n[nH]c(C3CC3)n2)CC1. The van der Waals surface area contributed by atoms with Crippen LogP contribution in [0, 0.1) is 0 Å². The zero-order valence-electron chi connectivity index (χ0n) is 11.4. The molecule has 3 rings (SSSR count). The molecular formula is C13H21N5O. The van der Waals surface area contributed by atoms with E-state index in [0.29, 0.717) is 11.7 Å². The van der Waals surface area contributed by atoms with Crippen molar-refractivity contribution in [3.05, 3.63) is 11.6 Å². The molecule has 1 aromatic heterocycles. The molecule has 1 saturated heterocycles. The fourth-order valence-corrected chi connectivity index (χ4v) is 2.56. The van der Waals surface area contributed by atoms with Crippen LogP contribution >= 0.6 is 0 Å². The number of carbonyl (C=O) groups is 1. The zero-order valence-corrected chi connectivity index (χ0v) is 11.4. The van der Waals surface area contributed by atoms with Gasteiger partial charge in [0.15, 0.2) is 0 Å². The Bertz CT molecular complexity index is 446. The number of amides is 1. The largest absolute Gasteiger partial charge is 0.346 e. The van der Waals surface area contributed by atoms with Crippen LogP contribution in [0.2, 0.25) is 0 Å². The Hall–Kier alpha value is -1.43. The molecule has 0 bridgehead atoms. The quantitative estimate of drug-likeness (QED) is 0.846. The molecular weight excluding hydrogens is 242 g/mol. The number of hydrogen-bond donors (Lipinski definition) is 2. The van der Waals surface area contributed by atoms with Crippen LogP contribution in [-0.2, 0) is 0 Å². The number of aromatic nitrogens is 3. The maximum Gasteiger partial charge on any atom is 0.291 e. The van der Waals surface area contributed by atoms with Gasteiger partial charge in [-0.05, 0) is 32.2 Å². The van der Waals surface area contributed by atoms with Crippen molar-refractivity contribution < 1.29 is 4.79 Å². The predicted molar refractivity (Wildman–Crippen MR) is 71.0 cm³/mol. The third kappa shape index (κ3) is 2.94. The average molecular weight is 263 g/mol. The lowest BCUT2D eigenvalue weighted by atomic mass is 10.1. The van der Waals surface area contributed by atoms with Gasteiger partial charge in [-0.2, -0.15) is 0 Å². The lowest BCUT2D eigenvalue weighted by Gasteiger charge is -2.31. The molecule has 2 heterocycles. The molecule has 0 atom stereocenters. The molecule has 0 aromatic carbocycles. The van der Waals surface area contributed by atoms with Crippen LogP contribution in [0.4, 0.5) is 0 Å². The van der Waals surface area contributed by atoms with Gasteiger partial charge in [-0.3, -0.25) is 9.89 Å². The van der Waals surface area contributed by atoms with E-state index in [9.17, 15) is 4.79 Å². The van der Waals surface area contributed by atoms with E-state index in [-0.39, 0.29) is 11.9 Å². The second-order valence-electron chi connectivity index (χ2n) is 5.50. The molecule has 6 heteroatoms. The molecule has 2 fully saturated rings. The summed E-state index contributed by atoms with van der Waals surface area (Å²) in [6.07, 6.45) is 4.34. The molecule has 1 aliphatic heterocycles. The van der Waals surface area contributed by atoms with E-state index in [1.165, 1.54) is 0 Å². The number of hydrogen-bond acceptors (Lipinski definition) is 4. The van der Waals surface area contributed by atoms with Gasteiger partial charge >= 0.3 is 0 Å². The summed E-state index contributed by atoms with van der Waals surface area (Å²) in [5, 5.41) is 9.93. The molecule has 19 heavy (non-hydrogen) atoms. The molecule has 1 amide bonds. The molecule has 0 radical (unpaired) electrons. The highest BCUT2D eigenvalue weighted by Gasteiger charge is 2.28. The molecule has 104 valence electrons. The van der Waals surface area contributed by atoms with Crippen LogP contribution in [0.5, 0.6) is 0 Å². The normalized spacial score (nSPS) is 21.5. The summed E-state index contributed by atoms with van der Waals surface area (Å²) in [7, 11) is 0. The maximum absolute atomic E-state index is 12.1. The van der Waals surface area contributed by atoms with E-state index in [1.54, 1.807) is 0 Å². The molecule has 6 nitrogen and oxygen atoms in total. The Morgan fingerprint density at radius 2 is 2.11 bits per heavy atom. The van der Waals surface area contributed by atoms with Crippen LogP contribution in [0.25, 0.3) is 0 Å². The van der Waals surface area contributed by atoms with Crippen LogP contribution in [0.3, 0.4) is 0 Å². The number of carbonyl (C=O) groups excluding carboxylic acids is 1. The molecule has 1 aromatic rings. The summed E-state index contributed by atoms with van der Waals surface area (Å²) in [6.45, 7) is 5.38. The molecule has 1 aliphatic carbocycles. The first-order valence-corrected chi connectivity index (χ1v) is 7.21. The van der Waals surface area contributed by atoms with Crippen molar-refractivity contribution in [2.24, 2.45) is 0 Å². The Kier molecular flexibility index (Phi) is 3.50. The number of likely N-dealkylation sites (tertiary alicyclic amines) is 1. The number of nitrogens with one attached hydrogen (secondary N) is 2. The fourth-order valence-electron chi connectivity index (χ4n) is 2.56. The highest BCUT2D eigenvalue weighted by molar-refractivity contribution is 5.90. The topological polar surface area (TPSA) is 73.9 Å². The summed E-state index contributed by atoms with van der Waals surface area (Å²) in [5.41, 5.74) is 0. The van der Waals surface area contributed by atoms with Crippen LogP contribution < -0.4 is 5.32 Å². The Morgan fingerprint density at radius 1 is 1.37 bits per heavy atom. The highest BCUT2D eigenvalue weighted by Crippen LogP contribution is 2.37. The summed E-state index contributed by atoms with van der Waals surface area (Å²) < 4.78 is 0. The van der Waals surface area contributed by atoms with Crippen molar-refractivity contribution in [1.82, 2.24) is 25.4 Å². The lowest BCUT2D eigenvalue weighted by molar-refractivity contribution is 0.0902. The van der Waals surface area contributed by atoms with Gasteiger partial charge in [-0.25, -0.2) is 4.98 Å². The van der Waals surface area contributed by atoms with E-state index in [1.807, 2.05) is 0 Å². The van der Waals surface area contributed by atoms with E-state index < -0.39 is 0 Å². The number of piperidine rings is 1. The highest BCUT2D eigenvalue weighted by atomic mass is 16.2. The summed E-state index contributed by atoms with van der Waals surface area (Å²) >= 11 is 0. The molecule has 2 aliphatic rings. The summed E-state index contributed by atoms with van der Waals surface area (Å²) in [5.74, 6) is 1.52. The smallest absolute Gasteiger partial charge is 0.291 e. The molecule has 0 unspecified atom stereocenters. The minimum absolute atomic E-state index is 0.141. The van der Waals surface area contributed by atoms with Gasteiger partial charge < -0.3 is 10.2 Å². The Morgan fingerprint density at radius 3 is 2.74 bits per heavy atom. The van der Waals surface area contributed by atoms with Crippen LogP contribution in [0.1, 0.15) is 55.0 Å².